The van der Waals surface area contributed by atoms with Gasteiger partial charge in [0.25, 0.3) is 5.17 Å². The number of thiocarbonyl (C=S) groups is 1. The number of nitrogens with two attached hydrogens (primary N) is 2. The van der Waals surface area contributed by atoms with E-state index in [0.29, 0.717) is 13.2 Å². The topological polar surface area (TPSA) is 61.3 Å². The van der Waals surface area contributed by atoms with Gasteiger partial charge in [-0.25, -0.2) is 0 Å². The number of ether oxygens (including phenoxy) is 1. The lowest BCUT2D eigenvalue weighted by molar-refractivity contribution is 0.281. The maximum Gasteiger partial charge on any atom is 0.253 e. The molecular formula is C10H14N2OS. The minimum absolute atomic E-state index is 0.0689. The Bertz CT molecular complexity index is 289. The lowest BCUT2D eigenvalue weighted by atomic mass is 10.0. The highest BCUT2D eigenvalue weighted by atomic mass is 32.1. The summed E-state index contributed by atoms with van der Waals surface area (Å²) in [5, 5.41) is 0.0689. The van der Waals surface area contributed by atoms with Crippen LogP contribution in [0.1, 0.15) is 11.5 Å². The number of benzene rings is 1. The van der Waals surface area contributed by atoms with Crippen LogP contribution in [0.4, 0.5) is 0 Å². The van der Waals surface area contributed by atoms with Gasteiger partial charge in [-0.3, -0.25) is 0 Å². The van der Waals surface area contributed by atoms with Crippen molar-refractivity contribution in [3.63, 3.8) is 0 Å². The molecule has 0 saturated carbocycles. The van der Waals surface area contributed by atoms with E-state index in [-0.39, 0.29) is 11.1 Å². The number of rotatable bonds is 4. The van der Waals surface area contributed by atoms with Crippen molar-refractivity contribution in [1.82, 2.24) is 0 Å². The van der Waals surface area contributed by atoms with Gasteiger partial charge in [0, 0.05) is 12.5 Å². The van der Waals surface area contributed by atoms with Crippen LogP contribution in [0.2, 0.25) is 0 Å². The van der Waals surface area contributed by atoms with Crippen LogP contribution in [-0.4, -0.2) is 18.3 Å². The molecule has 4 N–H and O–H groups in total. The molecule has 0 radical (unpaired) electrons. The van der Waals surface area contributed by atoms with E-state index >= 15 is 0 Å². The van der Waals surface area contributed by atoms with Crippen LogP contribution in [0.15, 0.2) is 30.3 Å². The van der Waals surface area contributed by atoms with Gasteiger partial charge >= 0.3 is 0 Å². The maximum absolute atomic E-state index is 5.63. The molecule has 3 nitrogen and oxygen atoms in total. The summed E-state index contributed by atoms with van der Waals surface area (Å²) in [5.74, 6) is 0.151. The molecule has 0 aliphatic rings. The first-order chi connectivity index (χ1) is 6.74. The summed E-state index contributed by atoms with van der Waals surface area (Å²) in [6.07, 6.45) is 0. The third-order valence-electron chi connectivity index (χ3n) is 1.98. The van der Waals surface area contributed by atoms with Gasteiger partial charge in [-0.1, -0.05) is 30.3 Å². The fraction of sp³-hybridized carbons (Fsp3) is 0.300. The summed E-state index contributed by atoms with van der Waals surface area (Å²) in [5.41, 5.74) is 12.0. The smallest absolute Gasteiger partial charge is 0.253 e. The Morgan fingerprint density at radius 2 is 2.00 bits per heavy atom. The van der Waals surface area contributed by atoms with Gasteiger partial charge in [0.15, 0.2) is 0 Å². The standard InChI is InChI=1S/C10H14N2OS/c11-6-9(7-13-10(12)14)8-4-2-1-3-5-8/h1-5,9H,6-7,11H2,(H2,12,14). The van der Waals surface area contributed by atoms with Crippen molar-refractivity contribution in [3.8, 4) is 0 Å². The molecule has 0 amide bonds. The zero-order valence-corrected chi connectivity index (χ0v) is 8.67. The average molecular weight is 210 g/mol. The Morgan fingerprint density at radius 3 is 2.50 bits per heavy atom. The van der Waals surface area contributed by atoms with Crippen LogP contribution in [0.5, 0.6) is 0 Å². The lowest BCUT2D eigenvalue weighted by Gasteiger charge is -2.14. The second kappa shape index (κ2) is 5.57. The Hall–Kier alpha value is -1.13. The predicted octanol–water partition coefficient (Wildman–Crippen LogP) is 0.989. The van der Waals surface area contributed by atoms with Crippen LogP contribution in [0.3, 0.4) is 0 Å². The molecule has 1 unspecified atom stereocenters. The molecule has 1 aromatic rings. The summed E-state index contributed by atoms with van der Waals surface area (Å²) in [4.78, 5) is 0. The molecule has 14 heavy (non-hydrogen) atoms. The van der Waals surface area contributed by atoms with Crippen LogP contribution in [0, 0.1) is 0 Å². The molecule has 0 bridgehead atoms. The summed E-state index contributed by atoms with van der Waals surface area (Å²) in [6, 6.07) is 9.93. The number of hydrogen-bond donors (Lipinski definition) is 2. The minimum Gasteiger partial charge on any atom is -0.471 e. The van der Waals surface area contributed by atoms with Crippen LogP contribution >= 0.6 is 12.2 Å². The SMILES string of the molecule is NCC(COC(N)=S)c1ccccc1. The quantitative estimate of drug-likeness (QED) is 0.727. The van der Waals surface area contributed by atoms with Gasteiger partial charge < -0.3 is 16.2 Å². The molecule has 0 aliphatic heterocycles. The molecule has 4 heteroatoms. The van der Waals surface area contributed by atoms with Gasteiger partial charge in [-0.05, 0) is 17.8 Å². The van der Waals surface area contributed by atoms with Crippen molar-refractivity contribution >= 4 is 17.4 Å². The highest BCUT2D eigenvalue weighted by Crippen LogP contribution is 2.13. The summed E-state index contributed by atoms with van der Waals surface area (Å²) in [6.45, 7) is 0.961. The van der Waals surface area contributed by atoms with Gasteiger partial charge in [0.1, 0.15) is 0 Å². The van der Waals surface area contributed by atoms with E-state index in [9.17, 15) is 0 Å². The Labute approximate surface area is 89.0 Å². The second-order valence-electron chi connectivity index (χ2n) is 2.97. The van der Waals surface area contributed by atoms with Gasteiger partial charge in [0.2, 0.25) is 0 Å². The zero-order valence-electron chi connectivity index (χ0n) is 7.85. The minimum atomic E-state index is 0.0689. The average Bonchev–Trinajstić information content (AvgIpc) is 2.20. The zero-order chi connectivity index (χ0) is 10.4. The van der Waals surface area contributed by atoms with Crippen molar-refractivity contribution in [1.29, 1.82) is 0 Å². The summed E-state index contributed by atoms with van der Waals surface area (Å²) >= 11 is 4.63. The summed E-state index contributed by atoms with van der Waals surface area (Å²) in [7, 11) is 0. The van der Waals surface area contributed by atoms with Crippen molar-refractivity contribution in [2.75, 3.05) is 13.2 Å². The molecule has 0 spiro atoms. The lowest BCUT2D eigenvalue weighted by Crippen LogP contribution is -2.22. The first-order valence-electron chi connectivity index (χ1n) is 4.41. The third-order valence-corrected chi connectivity index (χ3v) is 2.10. The van der Waals surface area contributed by atoms with Gasteiger partial charge in [-0.15, -0.1) is 0 Å². The molecule has 0 heterocycles. The van der Waals surface area contributed by atoms with E-state index in [1.165, 1.54) is 0 Å². The van der Waals surface area contributed by atoms with Crippen molar-refractivity contribution in [2.45, 2.75) is 5.92 Å². The van der Waals surface area contributed by atoms with E-state index < -0.39 is 0 Å². The molecule has 1 rings (SSSR count). The Balaban J connectivity index is 2.58. The van der Waals surface area contributed by atoms with E-state index in [4.69, 9.17) is 16.2 Å². The normalized spacial score (nSPS) is 12.1. The first-order valence-corrected chi connectivity index (χ1v) is 4.82. The van der Waals surface area contributed by atoms with Gasteiger partial charge in [0.05, 0.1) is 6.61 Å². The molecule has 1 aromatic carbocycles. The van der Waals surface area contributed by atoms with E-state index in [1.54, 1.807) is 0 Å². The maximum atomic E-state index is 5.63. The van der Waals surface area contributed by atoms with E-state index in [1.807, 2.05) is 30.3 Å². The van der Waals surface area contributed by atoms with Crippen LogP contribution in [-0.2, 0) is 4.74 Å². The number of hydrogen-bond acceptors (Lipinski definition) is 3. The van der Waals surface area contributed by atoms with Crippen molar-refractivity contribution < 1.29 is 4.74 Å². The molecular weight excluding hydrogens is 196 g/mol. The highest BCUT2D eigenvalue weighted by Gasteiger charge is 2.09. The summed E-state index contributed by atoms with van der Waals surface area (Å²) < 4.78 is 5.08. The highest BCUT2D eigenvalue weighted by molar-refractivity contribution is 7.80. The fourth-order valence-corrected chi connectivity index (χ4v) is 1.28. The molecule has 0 fully saturated rings. The molecule has 76 valence electrons. The van der Waals surface area contributed by atoms with Gasteiger partial charge in [-0.2, -0.15) is 0 Å². The van der Waals surface area contributed by atoms with Crippen LogP contribution < -0.4 is 11.5 Å². The van der Waals surface area contributed by atoms with Crippen molar-refractivity contribution in [2.24, 2.45) is 11.5 Å². The Kier molecular flexibility index (Phi) is 4.35. The fourth-order valence-electron chi connectivity index (χ4n) is 1.21. The molecule has 0 saturated heterocycles. The second-order valence-corrected chi connectivity index (χ2v) is 3.38. The Morgan fingerprint density at radius 1 is 1.36 bits per heavy atom. The molecule has 1 atom stereocenters. The van der Waals surface area contributed by atoms with Crippen LogP contribution in [0.25, 0.3) is 0 Å². The molecule has 0 aliphatic carbocycles. The monoisotopic (exact) mass is 210 g/mol. The largest absolute Gasteiger partial charge is 0.471 e. The first kappa shape index (κ1) is 10.9. The molecule has 0 aromatic heterocycles. The van der Waals surface area contributed by atoms with E-state index in [2.05, 4.69) is 12.2 Å². The van der Waals surface area contributed by atoms with Crippen molar-refractivity contribution in [3.05, 3.63) is 35.9 Å². The van der Waals surface area contributed by atoms with E-state index in [0.717, 1.165) is 5.56 Å². The predicted molar refractivity (Wildman–Crippen MR) is 61.0 cm³/mol. The third kappa shape index (κ3) is 3.32.